The molecule has 28 heavy (non-hydrogen) atoms. The standard InChI is InChI=1S/C21H17ClN2O4/c22-17-8-4-7-16(13-17)21(15-5-2-1-3-6-15)23-20(25)14-28-19-11-9-18(10-12-19)24(26)27/h1-13,21H,14H2,(H,23,25). The van der Waals surface area contributed by atoms with E-state index in [9.17, 15) is 14.9 Å². The maximum Gasteiger partial charge on any atom is 0.269 e. The Kier molecular flexibility index (Phi) is 6.24. The van der Waals surface area contributed by atoms with Crippen molar-refractivity contribution in [3.8, 4) is 5.75 Å². The van der Waals surface area contributed by atoms with Gasteiger partial charge in [-0.1, -0.05) is 54.1 Å². The minimum atomic E-state index is -0.494. The zero-order valence-electron chi connectivity index (χ0n) is 14.7. The van der Waals surface area contributed by atoms with E-state index < -0.39 is 4.92 Å². The Morgan fingerprint density at radius 1 is 1.00 bits per heavy atom. The van der Waals surface area contributed by atoms with E-state index in [0.717, 1.165) is 11.1 Å². The van der Waals surface area contributed by atoms with Crippen molar-refractivity contribution in [3.05, 3.63) is 105 Å². The number of benzene rings is 3. The second-order valence-electron chi connectivity index (χ2n) is 6.01. The van der Waals surface area contributed by atoms with Crippen LogP contribution in [0.5, 0.6) is 5.75 Å². The normalized spacial score (nSPS) is 11.5. The molecule has 1 N–H and O–H groups in total. The van der Waals surface area contributed by atoms with Gasteiger partial charge in [0.05, 0.1) is 11.0 Å². The minimum Gasteiger partial charge on any atom is -0.484 e. The lowest BCUT2D eigenvalue weighted by Crippen LogP contribution is -2.33. The van der Waals surface area contributed by atoms with E-state index in [2.05, 4.69) is 5.32 Å². The Hall–Kier alpha value is -3.38. The topological polar surface area (TPSA) is 81.5 Å². The van der Waals surface area contributed by atoms with Gasteiger partial charge in [0, 0.05) is 17.2 Å². The van der Waals surface area contributed by atoms with Crippen LogP contribution < -0.4 is 10.1 Å². The number of amides is 1. The smallest absolute Gasteiger partial charge is 0.269 e. The van der Waals surface area contributed by atoms with Crippen LogP contribution in [0, 0.1) is 10.1 Å². The molecule has 6 nitrogen and oxygen atoms in total. The van der Waals surface area contributed by atoms with Gasteiger partial charge in [-0.2, -0.15) is 0 Å². The zero-order valence-corrected chi connectivity index (χ0v) is 15.5. The van der Waals surface area contributed by atoms with Crippen molar-refractivity contribution >= 4 is 23.2 Å². The van der Waals surface area contributed by atoms with Crippen LogP contribution in [-0.4, -0.2) is 17.4 Å². The molecule has 0 saturated carbocycles. The lowest BCUT2D eigenvalue weighted by Gasteiger charge is -2.20. The third-order valence-corrected chi connectivity index (χ3v) is 4.27. The van der Waals surface area contributed by atoms with E-state index in [4.69, 9.17) is 16.3 Å². The first kappa shape index (κ1) is 19.4. The number of nitrogens with one attached hydrogen (secondary N) is 1. The molecule has 3 aromatic carbocycles. The van der Waals surface area contributed by atoms with Gasteiger partial charge in [0.15, 0.2) is 6.61 Å². The molecule has 1 unspecified atom stereocenters. The molecule has 0 aliphatic heterocycles. The van der Waals surface area contributed by atoms with Gasteiger partial charge in [-0.25, -0.2) is 0 Å². The number of nitro groups is 1. The van der Waals surface area contributed by atoms with Gasteiger partial charge in [-0.05, 0) is 35.4 Å². The fourth-order valence-corrected chi connectivity index (χ4v) is 2.91. The van der Waals surface area contributed by atoms with Crippen LogP contribution in [0.1, 0.15) is 17.2 Å². The van der Waals surface area contributed by atoms with Gasteiger partial charge in [0.1, 0.15) is 5.75 Å². The van der Waals surface area contributed by atoms with E-state index in [1.165, 1.54) is 24.3 Å². The fourth-order valence-electron chi connectivity index (χ4n) is 2.71. The summed E-state index contributed by atoms with van der Waals surface area (Å²) in [4.78, 5) is 22.6. The minimum absolute atomic E-state index is 0.0399. The summed E-state index contributed by atoms with van der Waals surface area (Å²) in [7, 11) is 0. The van der Waals surface area contributed by atoms with E-state index in [-0.39, 0.29) is 24.2 Å². The number of non-ortho nitro benzene ring substituents is 1. The maximum absolute atomic E-state index is 12.5. The average molecular weight is 397 g/mol. The van der Waals surface area contributed by atoms with Gasteiger partial charge in [-0.15, -0.1) is 0 Å². The average Bonchev–Trinajstić information content (AvgIpc) is 2.71. The summed E-state index contributed by atoms with van der Waals surface area (Å²) in [6, 6.07) is 22.0. The summed E-state index contributed by atoms with van der Waals surface area (Å²) in [5.41, 5.74) is 1.72. The van der Waals surface area contributed by atoms with Crippen LogP contribution in [0.2, 0.25) is 5.02 Å². The Morgan fingerprint density at radius 3 is 2.32 bits per heavy atom. The van der Waals surface area contributed by atoms with Crippen LogP contribution in [0.25, 0.3) is 0 Å². The number of ether oxygens (including phenoxy) is 1. The van der Waals surface area contributed by atoms with Gasteiger partial charge in [-0.3, -0.25) is 14.9 Å². The van der Waals surface area contributed by atoms with Crippen LogP contribution in [-0.2, 0) is 4.79 Å². The third-order valence-electron chi connectivity index (χ3n) is 4.04. The largest absolute Gasteiger partial charge is 0.484 e. The van der Waals surface area contributed by atoms with Gasteiger partial charge in [0.2, 0.25) is 0 Å². The van der Waals surface area contributed by atoms with Crippen molar-refractivity contribution in [1.29, 1.82) is 0 Å². The Balaban J connectivity index is 1.70. The van der Waals surface area contributed by atoms with Crippen molar-refractivity contribution in [2.45, 2.75) is 6.04 Å². The molecule has 0 radical (unpaired) electrons. The number of hydrogen-bond acceptors (Lipinski definition) is 4. The summed E-state index contributed by atoms with van der Waals surface area (Å²) in [5.74, 6) is 0.0481. The van der Waals surface area contributed by atoms with Crippen molar-refractivity contribution in [2.75, 3.05) is 6.61 Å². The molecule has 0 aliphatic carbocycles. The van der Waals surface area contributed by atoms with Crippen LogP contribution >= 0.6 is 11.6 Å². The molecule has 0 bridgehead atoms. The molecular weight excluding hydrogens is 380 g/mol. The quantitative estimate of drug-likeness (QED) is 0.469. The molecule has 1 atom stereocenters. The van der Waals surface area contributed by atoms with E-state index in [1.807, 2.05) is 42.5 Å². The number of hydrogen-bond donors (Lipinski definition) is 1. The molecule has 142 valence electrons. The van der Waals surface area contributed by atoms with Gasteiger partial charge in [0.25, 0.3) is 11.6 Å². The zero-order chi connectivity index (χ0) is 19.9. The van der Waals surface area contributed by atoms with Gasteiger partial charge >= 0.3 is 0 Å². The highest BCUT2D eigenvalue weighted by Crippen LogP contribution is 2.24. The number of carbonyl (C=O) groups excluding carboxylic acids is 1. The fraction of sp³-hybridized carbons (Fsp3) is 0.0952. The monoisotopic (exact) mass is 396 g/mol. The summed E-state index contributed by atoms with van der Waals surface area (Å²) in [6.45, 7) is -0.221. The molecule has 3 aromatic rings. The van der Waals surface area contributed by atoms with E-state index in [1.54, 1.807) is 12.1 Å². The second-order valence-corrected chi connectivity index (χ2v) is 6.44. The third kappa shape index (κ3) is 5.08. The molecule has 0 heterocycles. The molecule has 0 aliphatic rings. The van der Waals surface area contributed by atoms with Gasteiger partial charge < -0.3 is 10.1 Å². The Labute approximate surface area is 166 Å². The second kappa shape index (κ2) is 9.01. The number of nitro benzene ring substituents is 1. The van der Waals surface area contributed by atoms with Crippen LogP contribution in [0.3, 0.4) is 0 Å². The summed E-state index contributed by atoms with van der Waals surface area (Å²) in [5, 5.41) is 14.2. The summed E-state index contributed by atoms with van der Waals surface area (Å²) < 4.78 is 5.44. The number of nitrogens with zero attached hydrogens (tertiary/aromatic N) is 1. The van der Waals surface area contributed by atoms with Crippen LogP contribution in [0.4, 0.5) is 5.69 Å². The molecule has 0 spiro atoms. The molecule has 3 rings (SSSR count). The number of halogens is 1. The van der Waals surface area contributed by atoms with Crippen LogP contribution in [0.15, 0.2) is 78.9 Å². The first-order valence-corrected chi connectivity index (χ1v) is 8.88. The van der Waals surface area contributed by atoms with Crippen molar-refractivity contribution in [1.82, 2.24) is 5.32 Å². The van der Waals surface area contributed by atoms with E-state index >= 15 is 0 Å². The molecule has 7 heteroatoms. The summed E-state index contributed by atoms with van der Waals surface area (Å²) in [6.07, 6.45) is 0. The predicted molar refractivity (Wildman–Crippen MR) is 106 cm³/mol. The molecule has 1 amide bonds. The highest BCUT2D eigenvalue weighted by atomic mass is 35.5. The van der Waals surface area contributed by atoms with Crippen molar-refractivity contribution < 1.29 is 14.5 Å². The number of rotatable bonds is 7. The molecule has 0 saturated heterocycles. The first-order chi connectivity index (χ1) is 13.5. The maximum atomic E-state index is 12.5. The highest BCUT2D eigenvalue weighted by molar-refractivity contribution is 6.30. The molecule has 0 fully saturated rings. The first-order valence-electron chi connectivity index (χ1n) is 8.50. The predicted octanol–water partition coefficient (Wildman–Crippen LogP) is 4.53. The molecule has 0 aromatic heterocycles. The Morgan fingerprint density at radius 2 is 1.68 bits per heavy atom. The lowest BCUT2D eigenvalue weighted by molar-refractivity contribution is -0.384. The van der Waals surface area contributed by atoms with Crippen molar-refractivity contribution in [3.63, 3.8) is 0 Å². The molecular formula is C21H17ClN2O4. The van der Waals surface area contributed by atoms with E-state index in [0.29, 0.717) is 10.8 Å². The number of carbonyl (C=O) groups is 1. The lowest BCUT2D eigenvalue weighted by atomic mass is 9.99. The highest BCUT2D eigenvalue weighted by Gasteiger charge is 2.17. The SMILES string of the molecule is O=C(COc1ccc([N+](=O)[O-])cc1)NC(c1ccccc1)c1cccc(Cl)c1. The van der Waals surface area contributed by atoms with Crippen molar-refractivity contribution in [2.24, 2.45) is 0 Å². The summed E-state index contributed by atoms with van der Waals surface area (Å²) >= 11 is 6.10. The Bertz CT molecular complexity index is 962.